The predicted molar refractivity (Wildman–Crippen MR) is 59.2 cm³/mol. The van der Waals surface area contributed by atoms with E-state index in [4.69, 9.17) is 16.7 Å². The molecular weight excluding hydrogens is 236 g/mol. The number of rotatable bonds is 3. The van der Waals surface area contributed by atoms with E-state index in [0.717, 1.165) is 22.8 Å². The lowest BCUT2D eigenvalue weighted by Crippen LogP contribution is -2.08. The van der Waals surface area contributed by atoms with E-state index < -0.39 is 10.7 Å². The number of fused-ring (bicyclic) bond motifs is 1. The Morgan fingerprint density at radius 3 is 2.93 bits per heavy atom. The van der Waals surface area contributed by atoms with Gasteiger partial charge in [-0.1, -0.05) is 35.5 Å². The molecule has 0 aliphatic heterocycles. The minimum atomic E-state index is -1.07. The first-order valence-corrected chi connectivity index (χ1v) is 5.47. The summed E-state index contributed by atoms with van der Waals surface area (Å²) in [5, 5.41) is 9.14. The number of alkyl halides is 1. The third-order valence-corrected chi connectivity index (χ3v) is 3.06. The molecular formula is C9H7ClN2O2S. The number of nitrogens with zero attached hydrogens (tertiary/aromatic N) is 1. The van der Waals surface area contributed by atoms with Crippen LogP contribution in [0.2, 0.25) is 0 Å². The van der Waals surface area contributed by atoms with E-state index in [2.05, 4.69) is 9.97 Å². The molecule has 0 spiro atoms. The van der Waals surface area contributed by atoms with Gasteiger partial charge in [0.2, 0.25) is 0 Å². The lowest BCUT2D eigenvalue weighted by Gasteiger charge is -1.98. The van der Waals surface area contributed by atoms with Crippen LogP contribution in [0.25, 0.3) is 11.0 Å². The Labute approximate surface area is 94.7 Å². The van der Waals surface area contributed by atoms with Crippen LogP contribution in [0.3, 0.4) is 0 Å². The van der Waals surface area contributed by atoms with Crippen molar-refractivity contribution in [3.8, 4) is 0 Å². The molecule has 0 saturated heterocycles. The van der Waals surface area contributed by atoms with Crippen molar-refractivity contribution in [2.24, 2.45) is 0 Å². The number of aromatic nitrogens is 2. The summed E-state index contributed by atoms with van der Waals surface area (Å²) in [4.78, 5) is 17.7. The van der Waals surface area contributed by atoms with Crippen molar-refractivity contribution in [2.75, 3.05) is 0 Å². The summed E-state index contributed by atoms with van der Waals surface area (Å²) < 4.78 is -1.02. The van der Waals surface area contributed by atoms with Gasteiger partial charge in [0.1, 0.15) is 0 Å². The van der Waals surface area contributed by atoms with Crippen molar-refractivity contribution in [3.05, 3.63) is 24.3 Å². The number of carboxylic acid groups (broad SMARTS) is 1. The van der Waals surface area contributed by atoms with Crippen LogP contribution >= 0.6 is 23.4 Å². The van der Waals surface area contributed by atoms with E-state index in [9.17, 15) is 4.79 Å². The lowest BCUT2D eigenvalue weighted by atomic mass is 10.3. The van der Waals surface area contributed by atoms with Gasteiger partial charge in [0.05, 0.1) is 11.0 Å². The highest BCUT2D eigenvalue weighted by atomic mass is 35.5. The van der Waals surface area contributed by atoms with E-state index in [1.807, 2.05) is 24.3 Å². The van der Waals surface area contributed by atoms with Crippen LogP contribution in [0.4, 0.5) is 0 Å². The summed E-state index contributed by atoms with van der Waals surface area (Å²) in [6.45, 7) is 0. The molecule has 1 aromatic carbocycles. The SMILES string of the molecule is O=C(O)C(Cl)Sc1nc2ccccc2[nH]1. The van der Waals surface area contributed by atoms with Gasteiger partial charge in [0, 0.05) is 0 Å². The van der Waals surface area contributed by atoms with Crippen molar-refractivity contribution in [1.82, 2.24) is 9.97 Å². The first-order valence-electron chi connectivity index (χ1n) is 4.15. The summed E-state index contributed by atoms with van der Waals surface area (Å²) >= 11 is 6.56. The van der Waals surface area contributed by atoms with Gasteiger partial charge in [0.25, 0.3) is 0 Å². The smallest absolute Gasteiger partial charge is 0.332 e. The summed E-state index contributed by atoms with van der Waals surface area (Å²) in [6.07, 6.45) is 0. The average molecular weight is 243 g/mol. The Bertz CT molecular complexity index is 467. The summed E-state index contributed by atoms with van der Waals surface area (Å²) in [5.74, 6) is -1.07. The molecule has 1 aromatic heterocycles. The third-order valence-electron chi connectivity index (χ3n) is 1.78. The Morgan fingerprint density at radius 1 is 1.53 bits per heavy atom. The second-order valence-corrected chi connectivity index (χ2v) is 4.62. The van der Waals surface area contributed by atoms with Gasteiger partial charge in [-0.2, -0.15) is 0 Å². The van der Waals surface area contributed by atoms with Crippen LogP contribution in [0.15, 0.2) is 29.4 Å². The standard InChI is InChI=1S/C9H7ClN2O2S/c10-7(8(13)14)15-9-11-5-3-1-2-4-6(5)12-9/h1-4,7H,(H,11,12)(H,13,14). The van der Waals surface area contributed by atoms with Crippen LogP contribution in [0, 0.1) is 0 Å². The number of hydrogen-bond donors (Lipinski definition) is 2. The predicted octanol–water partition coefficient (Wildman–Crippen LogP) is 2.30. The molecule has 0 saturated carbocycles. The quantitative estimate of drug-likeness (QED) is 0.640. The maximum Gasteiger partial charge on any atom is 0.332 e. The number of carbonyl (C=O) groups is 1. The Morgan fingerprint density at radius 2 is 2.27 bits per heavy atom. The molecule has 2 aromatic rings. The fraction of sp³-hybridized carbons (Fsp3) is 0.111. The molecule has 6 heteroatoms. The Kier molecular flexibility index (Phi) is 2.83. The minimum Gasteiger partial charge on any atom is -0.480 e. The number of nitrogens with one attached hydrogen (secondary N) is 1. The molecule has 2 rings (SSSR count). The molecule has 0 bridgehead atoms. The summed E-state index contributed by atoms with van der Waals surface area (Å²) in [7, 11) is 0. The van der Waals surface area contributed by atoms with Crippen molar-refractivity contribution in [2.45, 2.75) is 9.87 Å². The van der Waals surface area contributed by atoms with Gasteiger partial charge in [-0.3, -0.25) is 0 Å². The van der Waals surface area contributed by atoms with Crippen molar-refractivity contribution < 1.29 is 9.90 Å². The molecule has 78 valence electrons. The molecule has 15 heavy (non-hydrogen) atoms. The molecule has 1 unspecified atom stereocenters. The molecule has 2 N–H and O–H groups in total. The van der Waals surface area contributed by atoms with Gasteiger partial charge in [-0.15, -0.1) is 0 Å². The summed E-state index contributed by atoms with van der Waals surface area (Å²) in [5.41, 5.74) is 1.67. The Balaban J connectivity index is 2.26. The van der Waals surface area contributed by atoms with Crippen LogP contribution in [-0.2, 0) is 4.79 Å². The molecule has 0 aliphatic carbocycles. The number of aliphatic carboxylic acids is 1. The number of carboxylic acids is 1. The number of hydrogen-bond acceptors (Lipinski definition) is 3. The zero-order chi connectivity index (χ0) is 10.8. The van der Waals surface area contributed by atoms with Gasteiger partial charge in [-0.25, -0.2) is 9.78 Å². The van der Waals surface area contributed by atoms with E-state index in [1.165, 1.54) is 0 Å². The largest absolute Gasteiger partial charge is 0.480 e. The van der Waals surface area contributed by atoms with Crippen LogP contribution < -0.4 is 0 Å². The summed E-state index contributed by atoms with van der Waals surface area (Å²) in [6, 6.07) is 7.47. The first-order chi connectivity index (χ1) is 7.16. The number of thioether (sulfide) groups is 1. The van der Waals surface area contributed by atoms with Crippen molar-refractivity contribution in [1.29, 1.82) is 0 Å². The zero-order valence-corrected chi connectivity index (χ0v) is 9.05. The fourth-order valence-corrected chi connectivity index (χ4v) is 2.00. The number of para-hydroxylation sites is 2. The zero-order valence-electron chi connectivity index (χ0n) is 7.48. The number of aromatic amines is 1. The van der Waals surface area contributed by atoms with Crippen LogP contribution in [0.1, 0.15) is 0 Å². The van der Waals surface area contributed by atoms with Crippen LogP contribution in [0.5, 0.6) is 0 Å². The Hall–Kier alpha value is -1.20. The van der Waals surface area contributed by atoms with Gasteiger partial charge >= 0.3 is 5.97 Å². The second-order valence-electron chi connectivity index (χ2n) is 2.83. The normalized spacial score (nSPS) is 12.9. The highest BCUT2D eigenvalue weighted by molar-refractivity contribution is 8.01. The van der Waals surface area contributed by atoms with Crippen molar-refractivity contribution >= 4 is 40.4 Å². The third kappa shape index (κ3) is 2.24. The lowest BCUT2D eigenvalue weighted by molar-refractivity contribution is -0.134. The van der Waals surface area contributed by atoms with Gasteiger partial charge in [-0.05, 0) is 12.1 Å². The topological polar surface area (TPSA) is 66.0 Å². The van der Waals surface area contributed by atoms with Gasteiger partial charge in [0.15, 0.2) is 9.87 Å². The van der Waals surface area contributed by atoms with Crippen LogP contribution in [-0.4, -0.2) is 25.8 Å². The highest BCUT2D eigenvalue weighted by Crippen LogP contribution is 2.25. The van der Waals surface area contributed by atoms with E-state index in [0.29, 0.717) is 5.16 Å². The van der Waals surface area contributed by atoms with E-state index in [-0.39, 0.29) is 0 Å². The molecule has 1 heterocycles. The highest BCUT2D eigenvalue weighted by Gasteiger charge is 2.17. The molecule has 0 amide bonds. The molecule has 0 aliphatic rings. The number of benzene rings is 1. The maximum absolute atomic E-state index is 10.5. The van der Waals surface area contributed by atoms with Crippen molar-refractivity contribution in [3.63, 3.8) is 0 Å². The van der Waals surface area contributed by atoms with E-state index in [1.54, 1.807) is 0 Å². The average Bonchev–Trinajstić information content (AvgIpc) is 2.59. The monoisotopic (exact) mass is 242 g/mol. The van der Waals surface area contributed by atoms with E-state index >= 15 is 0 Å². The second kappa shape index (κ2) is 4.12. The van der Waals surface area contributed by atoms with Gasteiger partial charge < -0.3 is 10.1 Å². The molecule has 1 atom stereocenters. The minimum absolute atomic E-state index is 0.513. The number of imidazole rings is 1. The molecule has 0 fully saturated rings. The number of H-pyrrole nitrogens is 1. The molecule has 4 nitrogen and oxygen atoms in total. The number of halogens is 1. The first kappa shape index (κ1) is 10.3. The maximum atomic E-state index is 10.5. The molecule has 0 radical (unpaired) electrons. The fourth-order valence-electron chi connectivity index (χ4n) is 1.13.